The Morgan fingerprint density at radius 2 is 1.67 bits per heavy atom. The minimum absolute atomic E-state index is 0.280. The first-order chi connectivity index (χ1) is 13.0. The predicted molar refractivity (Wildman–Crippen MR) is 101 cm³/mol. The molecule has 3 rings (SSSR count). The molecule has 4 nitrogen and oxygen atoms in total. The third-order valence-corrected chi connectivity index (χ3v) is 3.69. The smallest absolute Gasteiger partial charge is 0.366 e. The van der Waals surface area contributed by atoms with Crippen molar-refractivity contribution in [2.75, 3.05) is 17.2 Å². The van der Waals surface area contributed by atoms with E-state index in [0.717, 1.165) is 17.7 Å². The summed E-state index contributed by atoms with van der Waals surface area (Å²) in [7, 11) is 0. The van der Waals surface area contributed by atoms with Crippen molar-refractivity contribution in [2.24, 2.45) is 0 Å². The third-order valence-electron chi connectivity index (χ3n) is 3.69. The Labute approximate surface area is 154 Å². The first kappa shape index (κ1) is 18.4. The molecule has 7 heteroatoms. The van der Waals surface area contributed by atoms with Crippen LogP contribution in [0.1, 0.15) is 5.56 Å². The van der Waals surface area contributed by atoms with E-state index in [1.54, 1.807) is 12.1 Å². The van der Waals surface area contributed by atoms with E-state index in [9.17, 15) is 13.2 Å². The summed E-state index contributed by atoms with van der Waals surface area (Å²) in [6.07, 6.45) is -2.67. The maximum atomic E-state index is 12.7. The van der Waals surface area contributed by atoms with Crippen molar-refractivity contribution in [1.82, 2.24) is 9.97 Å². The van der Waals surface area contributed by atoms with Gasteiger partial charge in [-0.05, 0) is 24.3 Å². The van der Waals surface area contributed by atoms with Crippen LogP contribution in [0.3, 0.4) is 0 Å². The molecular weight excluding hydrogens is 353 g/mol. The molecule has 3 aromatic rings. The zero-order chi connectivity index (χ0) is 19.3. The minimum Gasteiger partial charge on any atom is -0.366 e. The molecule has 0 spiro atoms. The van der Waals surface area contributed by atoms with Crippen LogP contribution in [0.4, 0.5) is 30.6 Å². The Bertz CT molecular complexity index is 907. The van der Waals surface area contributed by atoms with Crippen molar-refractivity contribution >= 4 is 17.5 Å². The molecule has 0 radical (unpaired) electrons. The lowest BCUT2D eigenvalue weighted by Crippen LogP contribution is -2.06. The largest absolute Gasteiger partial charge is 0.416 e. The SMILES string of the molecule is C=CCNc1cc(-c2ccccc2)nc(Nc2ccc(C(F)(F)F)cc2)n1. The van der Waals surface area contributed by atoms with Gasteiger partial charge in [0.2, 0.25) is 5.95 Å². The molecule has 0 fully saturated rings. The highest BCUT2D eigenvalue weighted by Crippen LogP contribution is 2.30. The fraction of sp³-hybridized carbons (Fsp3) is 0.100. The van der Waals surface area contributed by atoms with Crippen LogP contribution in [0.5, 0.6) is 0 Å². The number of hydrogen-bond acceptors (Lipinski definition) is 4. The summed E-state index contributed by atoms with van der Waals surface area (Å²) in [6, 6.07) is 16.1. The number of alkyl halides is 3. The average molecular weight is 370 g/mol. The predicted octanol–water partition coefficient (Wildman–Crippen LogP) is 5.50. The topological polar surface area (TPSA) is 49.8 Å². The molecule has 1 aromatic heterocycles. The highest BCUT2D eigenvalue weighted by molar-refractivity contribution is 5.66. The van der Waals surface area contributed by atoms with Crippen molar-refractivity contribution in [3.05, 3.63) is 78.9 Å². The number of benzene rings is 2. The quantitative estimate of drug-likeness (QED) is 0.562. The summed E-state index contributed by atoms with van der Waals surface area (Å²) < 4.78 is 38.1. The van der Waals surface area contributed by atoms with Crippen molar-refractivity contribution in [3.63, 3.8) is 0 Å². The van der Waals surface area contributed by atoms with Gasteiger partial charge in [0.15, 0.2) is 0 Å². The van der Waals surface area contributed by atoms with Gasteiger partial charge in [-0.25, -0.2) is 4.98 Å². The maximum absolute atomic E-state index is 12.7. The van der Waals surface area contributed by atoms with Gasteiger partial charge in [-0.2, -0.15) is 18.2 Å². The van der Waals surface area contributed by atoms with E-state index in [1.165, 1.54) is 12.1 Å². The van der Waals surface area contributed by atoms with Crippen molar-refractivity contribution < 1.29 is 13.2 Å². The number of halogens is 3. The second-order valence-corrected chi connectivity index (χ2v) is 5.70. The second kappa shape index (κ2) is 7.90. The normalized spacial score (nSPS) is 11.1. The van der Waals surface area contributed by atoms with E-state index < -0.39 is 11.7 Å². The second-order valence-electron chi connectivity index (χ2n) is 5.70. The molecule has 0 atom stereocenters. The highest BCUT2D eigenvalue weighted by atomic mass is 19.4. The Kier molecular flexibility index (Phi) is 5.40. The number of anilines is 3. The van der Waals surface area contributed by atoms with Crippen molar-refractivity contribution in [1.29, 1.82) is 0 Å². The van der Waals surface area contributed by atoms with Gasteiger partial charge in [0.05, 0.1) is 11.3 Å². The summed E-state index contributed by atoms with van der Waals surface area (Å²) in [5.41, 5.74) is 1.34. The summed E-state index contributed by atoms with van der Waals surface area (Å²) in [4.78, 5) is 8.83. The molecule has 0 aliphatic heterocycles. The van der Waals surface area contributed by atoms with E-state index >= 15 is 0 Å². The van der Waals surface area contributed by atoms with E-state index in [0.29, 0.717) is 23.7 Å². The number of aromatic nitrogens is 2. The minimum atomic E-state index is -4.37. The van der Waals surface area contributed by atoms with Gasteiger partial charge in [0, 0.05) is 23.9 Å². The van der Waals surface area contributed by atoms with E-state index in [1.807, 2.05) is 30.3 Å². The Morgan fingerprint density at radius 1 is 0.963 bits per heavy atom. The van der Waals surface area contributed by atoms with Crippen LogP contribution in [0.15, 0.2) is 73.3 Å². The summed E-state index contributed by atoms with van der Waals surface area (Å²) >= 11 is 0. The fourth-order valence-corrected chi connectivity index (χ4v) is 2.40. The number of hydrogen-bond donors (Lipinski definition) is 2. The molecule has 0 unspecified atom stereocenters. The lowest BCUT2D eigenvalue weighted by Gasteiger charge is -2.12. The first-order valence-electron chi connectivity index (χ1n) is 8.19. The molecule has 1 heterocycles. The van der Waals surface area contributed by atoms with Crippen LogP contribution in [0, 0.1) is 0 Å². The molecule has 27 heavy (non-hydrogen) atoms. The zero-order valence-corrected chi connectivity index (χ0v) is 14.3. The van der Waals surface area contributed by atoms with Crippen LogP contribution >= 0.6 is 0 Å². The van der Waals surface area contributed by atoms with Gasteiger partial charge in [0.25, 0.3) is 0 Å². The van der Waals surface area contributed by atoms with Crippen LogP contribution in [-0.2, 0) is 6.18 Å². The fourth-order valence-electron chi connectivity index (χ4n) is 2.40. The summed E-state index contributed by atoms with van der Waals surface area (Å²) in [6.45, 7) is 4.18. The number of nitrogens with one attached hydrogen (secondary N) is 2. The van der Waals surface area contributed by atoms with Crippen LogP contribution in [-0.4, -0.2) is 16.5 Å². The Morgan fingerprint density at radius 3 is 2.30 bits per heavy atom. The molecule has 2 N–H and O–H groups in total. The molecule has 0 aliphatic carbocycles. The van der Waals surface area contributed by atoms with Crippen molar-refractivity contribution in [2.45, 2.75) is 6.18 Å². The standard InChI is InChI=1S/C20H17F3N4/c1-2-12-24-18-13-17(14-6-4-3-5-7-14)26-19(27-18)25-16-10-8-15(9-11-16)20(21,22)23/h2-11,13H,1,12H2,(H2,24,25,26,27). The lowest BCUT2D eigenvalue weighted by atomic mass is 10.1. The third kappa shape index (κ3) is 4.84. The summed E-state index contributed by atoms with van der Waals surface area (Å²) in [5, 5.41) is 6.06. The average Bonchev–Trinajstić information content (AvgIpc) is 2.66. The molecule has 0 saturated heterocycles. The van der Waals surface area contributed by atoms with Crippen LogP contribution in [0.25, 0.3) is 11.3 Å². The van der Waals surface area contributed by atoms with Gasteiger partial charge in [0.1, 0.15) is 5.82 Å². The Balaban J connectivity index is 1.90. The van der Waals surface area contributed by atoms with Gasteiger partial charge in [-0.1, -0.05) is 36.4 Å². The molecule has 0 bridgehead atoms. The molecule has 0 amide bonds. The van der Waals surface area contributed by atoms with Crippen molar-refractivity contribution in [3.8, 4) is 11.3 Å². The zero-order valence-electron chi connectivity index (χ0n) is 14.3. The lowest BCUT2D eigenvalue weighted by molar-refractivity contribution is -0.137. The monoisotopic (exact) mass is 370 g/mol. The summed E-state index contributed by atoms with van der Waals surface area (Å²) in [5.74, 6) is 0.862. The number of nitrogens with zero attached hydrogens (tertiary/aromatic N) is 2. The van der Waals surface area contributed by atoms with Crippen LogP contribution < -0.4 is 10.6 Å². The molecule has 0 aliphatic rings. The maximum Gasteiger partial charge on any atom is 0.416 e. The van der Waals surface area contributed by atoms with Gasteiger partial charge in [-0.15, -0.1) is 6.58 Å². The molecule has 0 saturated carbocycles. The van der Waals surface area contributed by atoms with E-state index in [-0.39, 0.29) is 5.95 Å². The first-order valence-corrected chi connectivity index (χ1v) is 8.19. The van der Waals surface area contributed by atoms with Gasteiger partial charge in [-0.3, -0.25) is 0 Å². The molecular formula is C20H17F3N4. The molecule has 2 aromatic carbocycles. The number of rotatable bonds is 6. The highest BCUT2D eigenvalue weighted by Gasteiger charge is 2.29. The Hall–Kier alpha value is -3.35. The van der Waals surface area contributed by atoms with Gasteiger partial charge < -0.3 is 10.6 Å². The van der Waals surface area contributed by atoms with Crippen LogP contribution in [0.2, 0.25) is 0 Å². The molecule has 138 valence electrons. The van der Waals surface area contributed by atoms with Gasteiger partial charge >= 0.3 is 6.18 Å². The van der Waals surface area contributed by atoms with E-state index in [2.05, 4.69) is 27.2 Å². The van der Waals surface area contributed by atoms with E-state index in [4.69, 9.17) is 0 Å².